The predicted octanol–water partition coefficient (Wildman–Crippen LogP) is 5.37. The summed E-state index contributed by atoms with van der Waals surface area (Å²) in [5, 5.41) is 2.11. The maximum atomic E-state index is 13.4. The Morgan fingerprint density at radius 3 is 2.18 bits per heavy atom. The standard InChI is InChI=1S/C29H36N2O2/c1-30(19-29-16-20-13-21(17-29)15-22(14-20)18-29)27(32)24-9-11-31(12-10-24)28(33)26-8-4-6-23-5-2-3-7-25(23)26/h2-8,20-22,24H,9-19H2,1H3. The van der Waals surface area contributed by atoms with Crippen LogP contribution >= 0.6 is 0 Å². The van der Waals surface area contributed by atoms with Gasteiger partial charge in [-0.3, -0.25) is 9.59 Å². The third kappa shape index (κ3) is 3.86. The summed E-state index contributed by atoms with van der Waals surface area (Å²) in [6.45, 7) is 2.29. The normalized spacial score (nSPS) is 31.2. The predicted molar refractivity (Wildman–Crippen MR) is 131 cm³/mol. The Balaban J connectivity index is 1.08. The summed E-state index contributed by atoms with van der Waals surface area (Å²) in [4.78, 5) is 30.7. The summed E-state index contributed by atoms with van der Waals surface area (Å²) in [5.74, 6) is 3.22. The molecule has 1 aliphatic heterocycles. The molecule has 4 bridgehead atoms. The first-order valence-corrected chi connectivity index (χ1v) is 13.0. The number of nitrogens with zero attached hydrogens (tertiary/aromatic N) is 2. The van der Waals surface area contributed by atoms with Crippen molar-refractivity contribution in [2.24, 2.45) is 29.1 Å². The fraction of sp³-hybridized carbons (Fsp3) is 0.586. The van der Waals surface area contributed by atoms with E-state index in [9.17, 15) is 9.59 Å². The molecular formula is C29H36N2O2. The highest BCUT2D eigenvalue weighted by Gasteiger charge is 2.51. The maximum absolute atomic E-state index is 13.4. The van der Waals surface area contributed by atoms with E-state index >= 15 is 0 Å². The topological polar surface area (TPSA) is 40.6 Å². The molecule has 174 valence electrons. The van der Waals surface area contributed by atoms with Crippen molar-refractivity contribution in [1.29, 1.82) is 0 Å². The van der Waals surface area contributed by atoms with Gasteiger partial charge in [-0.1, -0.05) is 36.4 Å². The molecule has 0 N–H and O–H groups in total. The van der Waals surface area contributed by atoms with Gasteiger partial charge in [-0.2, -0.15) is 0 Å². The van der Waals surface area contributed by atoms with Gasteiger partial charge in [0.15, 0.2) is 0 Å². The van der Waals surface area contributed by atoms with Gasteiger partial charge in [0, 0.05) is 38.2 Å². The van der Waals surface area contributed by atoms with Crippen LogP contribution in [0.15, 0.2) is 42.5 Å². The van der Waals surface area contributed by atoms with Crippen LogP contribution < -0.4 is 0 Å². The summed E-state index contributed by atoms with van der Waals surface area (Å²) in [7, 11) is 2.04. The number of piperidine rings is 1. The Kier molecular flexibility index (Phi) is 5.23. The SMILES string of the molecule is CN(CC12CC3CC(CC(C3)C1)C2)C(=O)C1CCN(C(=O)c2cccc3ccccc23)CC1. The van der Waals surface area contributed by atoms with Crippen molar-refractivity contribution < 1.29 is 9.59 Å². The largest absolute Gasteiger partial charge is 0.345 e. The van der Waals surface area contributed by atoms with Gasteiger partial charge in [-0.25, -0.2) is 0 Å². The molecule has 2 aromatic carbocycles. The average molecular weight is 445 g/mol. The Morgan fingerprint density at radius 1 is 0.909 bits per heavy atom. The Morgan fingerprint density at radius 2 is 1.52 bits per heavy atom. The van der Waals surface area contributed by atoms with Crippen molar-refractivity contribution in [2.45, 2.75) is 51.4 Å². The van der Waals surface area contributed by atoms with Crippen LogP contribution in [0.2, 0.25) is 0 Å². The number of benzene rings is 2. The van der Waals surface area contributed by atoms with Crippen LogP contribution in [0.25, 0.3) is 10.8 Å². The van der Waals surface area contributed by atoms with Crippen molar-refractivity contribution >= 4 is 22.6 Å². The van der Waals surface area contributed by atoms with Crippen LogP contribution in [0.4, 0.5) is 0 Å². The van der Waals surface area contributed by atoms with E-state index in [1.165, 1.54) is 38.5 Å². The molecule has 4 aliphatic carbocycles. The molecular weight excluding hydrogens is 408 g/mol. The number of rotatable bonds is 4. The first kappa shape index (κ1) is 21.2. The summed E-state index contributed by atoms with van der Waals surface area (Å²) in [6, 6.07) is 14.0. The number of carbonyl (C=O) groups is 2. The minimum absolute atomic E-state index is 0.0560. The molecule has 1 saturated heterocycles. The van der Waals surface area contributed by atoms with Crippen LogP contribution in [0, 0.1) is 29.1 Å². The number of hydrogen-bond acceptors (Lipinski definition) is 2. The summed E-state index contributed by atoms with van der Waals surface area (Å²) in [6.07, 6.45) is 9.92. The lowest BCUT2D eigenvalue weighted by Crippen LogP contribution is -2.52. The molecule has 0 aromatic heterocycles. The minimum atomic E-state index is 0.0560. The van der Waals surface area contributed by atoms with Crippen molar-refractivity contribution in [3.8, 4) is 0 Å². The molecule has 2 aromatic rings. The average Bonchev–Trinajstić information content (AvgIpc) is 2.81. The molecule has 2 amide bonds. The van der Waals surface area contributed by atoms with E-state index in [4.69, 9.17) is 0 Å². The molecule has 0 atom stereocenters. The number of fused-ring (bicyclic) bond motifs is 1. The van der Waals surface area contributed by atoms with Crippen molar-refractivity contribution in [3.63, 3.8) is 0 Å². The molecule has 0 spiro atoms. The van der Waals surface area contributed by atoms with Gasteiger partial charge >= 0.3 is 0 Å². The summed E-state index contributed by atoms with van der Waals surface area (Å²) in [5.41, 5.74) is 1.17. The van der Waals surface area contributed by atoms with E-state index in [-0.39, 0.29) is 11.8 Å². The van der Waals surface area contributed by atoms with Crippen LogP contribution in [-0.4, -0.2) is 48.3 Å². The molecule has 1 heterocycles. The lowest BCUT2D eigenvalue weighted by molar-refractivity contribution is -0.140. The van der Waals surface area contributed by atoms with Gasteiger partial charge in [-0.15, -0.1) is 0 Å². The third-order valence-corrected chi connectivity index (χ3v) is 9.27. The fourth-order valence-corrected chi connectivity index (χ4v) is 8.29. The van der Waals surface area contributed by atoms with E-state index in [0.717, 1.165) is 53.5 Å². The molecule has 4 nitrogen and oxygen atoms in total. The van der Waals surface area contributed by atoms with Gasteiger partial charge in [0.05, 0.1) is 0 Å². The minimum Gasteiger partial charge on any atom is -0.345 e. The fourth-order valence-electron chi connectivity index (χ4n) is 8.29. The lowest BCUT2D eigenvalue weighted by atomic mass is 9.49. The van der Waals surface area contributed by atoms with Gasteiger partial charge in [0.1, 0.15) is 0 Å². The highest BCUT2D eigenvalue weighted by molar-refractivity contribution is 6.07. The second kappa shape index (κ2) is 8.14. The molecule has 0 unspecified atom stereocenters. The summed E-state index contributed by atoms with van der Waals surface area (Å²) < 4.78 is 0. The van der Waals surface area contributed by atoms with E-state index < -0.39 is 0 Å². The van der Waals surface area contributed by atoms with E-state index in [0.29, 0.717) is 24.4 Å². The maximum Gasteiger partial charge on any atom is 0.254 e. The van der Waals surface area contributed by atoms with Crippen LogP contribution in [0.3, 0.4) is 0 Å². The smallest absolute Gasteiger partial charge is 0.254 e. The van der Waals surface area contributed by atoms with E-state index in [1.54, 1.807) is 0 Å². The molecule has 33 heavy (non-hydrogen) atoms. The Labute approximate surface area is 197 Å². The zero-order valence-corrected chi connectivity index (χ0v) is 19.8. The van der Waals surface area contributed by atoms with E-state index in [1.807, 2.05) is 42.3 Å². The first-order chi connectivity index (χ1) is 16.0. The van der Waals surface area contributed by atoms with Gasteiger partial charge in [-0.05, 0) is 91.4 Å². The highest BCUT2D eigenvalue weighted by Crippen LogP contribution is 2.60. The van der Waals surface area contributed by atoms with Crippen LogP contribution in [0.5, 0.6) is 0 Å². The molecule has 7 rings (SSSR count). The van der Waals surface area contributed by atoms with Crippen molar-refractivity contribution in [1.82, 2.24) is 9.80 Å². The zero-order chi connectivity index (χ0) is 22.6. The molecule has 4 saturated carbocycles. The van der Waals surface area contributed by atoms with Gasteiger partial charge in [0.2, 0.25) is 5.91 Å². The van der Waals surface area contributed by atoms with Crippen molar-refractivity contribution in [3.05, 3.63) is 48.0 Å². The lowest BCUT2D eigenvalue weighted by Gasteiger charge is -2.57. The zero-order valence-electron chi connectivity index (χ0n) is 19.8. The molecule has 5 fully saturated rings. The molecule has 0 radical (unpaired) electrons. The van der Waals surface area contributed by atoms with Crippen molar-refractivity contribution in [2.75, 3.05) is 26.7 Å². The Bertz CT molecular complexity index is 1030. The monoisotopic (exact) mass is 444 g/mol. The summed E-state index contributed by atoms with van der Waals surface area (Å²) >= 11 is 0. The van der Waals surface area contributed by atoms with Gasteiger partial charge < -0.3 is 9.80 Å². The highest BCUT2D eigenvalue weighted by atomic mass is 16.2. The van der Waals surface area contributed by atoms with E-state index in [2.05, 4.69) is 17.0 Å². The second-order valence-electron chi connectivity index (χ2n) is 11.7. The number of hydrogen-bond donors (Lipinski definition) is 0. The number of likely N-dealkylation sites (tertiary alicyclic amines) is 1. The third-order valence-electron chi connectivity index (χ3n) is 9.27. The van der Waals surface area contributed by atoms with Crippen LogP contribution in [0.1, 0.15) is 61.7 Å². The van der Waals surface area contributed by atoms with Crippen LogP contribution in [-0.2, 0) is 4.79 Å². The Hall–Kier alpha value is -2.36. The molecule has 4 heteroatoms. The second-order valence-corrected chi connectivity index (χ2v) is 11.7. The molecule has 5 aliphatic rings. The quantitative estimate of drug-likeness (QED) is 0.636. The number of amides is 2. The van der Waals surface area contributed by atoms with Gasteiger partial charge in [0.25, 0.3) is 5.91 Å². The first-order valence-electron chi connectivity index (χ1n) is 13.0. The number of carbonyl (C=O) groups excluding carboxylic acids is 2.